The summed E-state index contributed by atoms with van der Waals surface area (Å²) in [6, 6.07) is 4.40. The number of carbonyl (C=O) groups is 1. The van der Waals surface area contributed by atoms with Gasteiger partial charge in [-0.15, -0.1) is 0 Å². The molecule has 5 nitrogen and oxygen atoms in total. The van der Waals surface area contributed by atoms with E-state index < -0.39 is 11.8 Å². The zero-order chi connectivity index (χ0) is 14.7. The van der Waals surface area contributed by atoms with E-state index in [2.05, 4.69) is 5.10 Å². The summed E-state index contributed by atoms with van der Waals surface area (Å²) in [5.74, 6) is -1.86. The van der Waals surface area contributed by atoms with E-state index >= 15 is 0 Å². The zero-order valence-electron chi connectivity index (χ0n) is 10.4. The first-order chi connectivity index (χ1) is 9.54. The minimum absolute atomic E-state index is 0.0598. The molecule has 0 radical (unpaired) electrons. The fourth-order valence-electron chi connectivity index (χ4n) is 1.83. The molecule has 1 aromatic heterocycles. The van der Waals surface area contributed by atoms with Crippen LogP contribution in [0, 0.1) is 5.82 Å². The van der Waals surface area contributed by atoms with Gasteiger partial charge in [-0.05, 0) is 25.0 Å². The van der Waals surface area contributed by atoms with Crippen LogP contribution < -0.4 is 0 Å². The third-order valence-corrected chi connectivity index (χ3v) is 3.07. The van der Waals surface area contributed by atoms with Crippen LogP contribution in [0.3, 0.4) is 0 Å². The fourth-order valence-corrected chi connectivity index (χ4v) is 2.00. The first kappa shape index (κ1) is 14.5. The van der Waals surface area contributed by atoms with Gasteiger partial charge in [0.2, 0.25) is 0 Å². The van der Waals surface area contributed by atoms with Gasteiger partial charge >= 0.3 is 5.97 Å². The van der Waals surface area contributed by atoms with Crippen molar-refractivity contribution in [2.75, 3.05) is 6.61 Å². The molecule has 0 saturated heterocycles. The van der Waals surface area contributed by atoms with Gasteiger partial charge in [0.15, 0.2) is 11.5 Å². The third kappa shape index (κ3) is 2.81. The van der Waals surface area contributed by atoms with E-state index in [1.165, 1.54) is 18.3 Å². The number of rotatable bonds is 5. The van der Waals surface area contributed by atoms with E-state index in [9.17, 15) is 9.18 Å². The van der Waals surface area contributed by atoms with E-state index in [4.69, 9.17) is 21.8 Å². The lowest BCUT2D eigenvalue weighted by atomic mass is 10.1. The van der Waals surface area contributed by atoms with Gasteiger partial charge in [-0.3, -0.25) is 0 Å². The molecule has 0 aliphatic carbocycles. The van der Waals surface area contributed by atoms with Crippen molar-refractivity contribution < 1.29 is 19.4 Å². The van der Waals surface area contributed by atoms with Crippen molar-refractivity contribution >= 4 is 17.6 Å². The summed E-state index contributed by atoms with van der Waals surface area (Å²) in [6.45, 7) is -0.0598. The van der Waals surface area contributed by atoms with Gasteiger partial charge in [0.05, 0.1) is 5.02 Å². The Labute approximate surface area is 119 Å². The molecule has 0 spiro atoms. The number of aryl methyl sites for hydroxylation is 1. The highest BCUT2D eigenvalue weighted by atomic mass is 35.5. The van der Waals surface area contributed by atoms with Crippen molar-refractivity contribution in [3.63, 3.8) is 0 Å². The first-order valence-electron chi connectivity index (χ1n) is 5.91. The quantitative estimate of drug-likeness (QED) is 0.888. The third-order valence-electron chi connectivity index (χ3n) is 2.77. The number of aliphatic hydroxyl groups excluding tert-OH is 1. The van der Waals surface area contributed by atoms with Crippen molar-refractivity contribution in [1.29, 1.82) is 0 Å². The number of nitrogens with zero attached hydrogens (tertiary/aromatic N) is 2. The Morgan fingerprint density at radius 2 is 2.20 bits per heavy atom. The molecule has 0 unspecified atom stereocenters. The lowest BCUT2D eigenvalue weighted by Gasteiger charge is -2.03. The van der Waals surface area contributed by atoms with E-state index in [0.717, 1.165) is 4.68 Å². The molecule has 0 atom stereocenters. The summed E-state index contributed by atoms with van der Waals surface area (Å²) < 4.78 is 15.1. The van der Waals surface area contributed by atoms with Crippen molar-refractivity contribution in [2.24, 2.45) is 0 Å². The Morgan fingerprint density at radius 1 is 1.45 bits per heavy atom. The second-order valence-electron chi connectivity index (χ2n) is 4.15. The molecule has 7 heteroatoms. The van der Waals surface area contributed by atoms with Gasteiger partial charge < -0.3 is 10.2 Å². The molecular weight excluding hydrogens is 287 g/mol. The molecule has 1 heterocycles. The second kappa shape index (κ2) is 6.02. The fraction of sp³-hybridized carbons (Fsp3) is 0.231. The molecule has 2 N–H and O–H groups in total. The maximum Gasteiger partial charge on any atom is 0.356 e. The average Bonchev–Trinajstić information content (AvgIpc) is 2.83. The Morgan fingerprint density at radius 3 is 2.85 bits per heavy atom. The smallest absolute Gasteiger partial charge is 0.356 e. The summed E-state index contributed by atoms with van der Waals surface area (Å²) in [5, 5.41) is 21.7. The number of benzene rings is 1. The van der Waals surface area contributed by atoms with Crippen LogP contribution in [0.2, 0.25) is 5.02 Å². The number of aliphatic hydroxyl groups is 1. The van der Waals surface area contributed by atoms with E-state index in [1.807, 2.05) is 0 Å². The maximum absolute atomic E-state index is 13.9. The second-order valence-corrected chi connectivity index (χ2v) is 4.56. The number of halogens is 2. The van der Waals surface area contributed by atoms with Crippen LogP contribution in [0.1, 0.15) is 22.5 Å². The highest BCUT2D eigenvalue weighted by Crippen LogP contribution is 2.22. The van der Waals surface area contributed by atoms with Crippen LogP contribution in [0.5, 0.6) is 0 Å². The van der Waals surface area contributed by atoms with Crippen LogP contribution >= 0.6 is 11.6 Å². The molecule has 0 saturated carbocycles. The Bertz CT molecular complexity index is 643. The predicted octanol–water partition coefficient (Wildman–Crippen LogP) is 2.29. The van der Waals surface area contributed by atoms with Crippen LogP contribution in [-0.2, 0) is 6.42 Å². The summed E-state index contributed by atoms with van der Waals surface area (Å²) in [6.07, 6.45) is 2.19. The number of aromatic nitrogens is 2. The van der Waals surface area contributed by atoms with Gasteiger partial charge in [-0.2, -0.15) is 5.10 Å². The summed E-state index contributed by atoms with van der Waals surface area (Å²) in [7, 11) is 0. The number of aromatic carboxylic acids is 1. The van der Waals surface area contributed by atoms with Crippen molar-refractivity contribution in [3.8, 4) is 5.69 Å². The SMILES string of the molecule is O=C(O)c1nn(-c2cccc(Cl)c2F)cc1CCCO. The Kier molecular flexibility index (Phi) is 4.36. The number of hydrogen-bond donors (Lipinski definition) is 2. The first-order valence-corrected chi connectivity index (χ1v) is 6.29. The summed E-state index contributed by atoms with van der Waals surface area (Å²) in [4.78, 5) is 11.1. The summed E-state index contributed by atoms with van der Waals surface area (Å²) >= 11 is 5.69. The molecule has 2 rings (SSSR count). The topological polar surface area (TPSA) is 75.3 Å². The van der Waals surface area contributed by atoms with Gasteiger partial charge in [-0.1, -0.05) is 17.7 Å². The molecule has 1 aromatic carbocycles. The number of carboxylic acid groups (broad SMARTS) is 1. The molecule has 0 fully saturated rings. The lowest BCUT2D eigenvalue weighted by molar-refractivity contribution is 0.0688. The minimum atomic E-state index is -1.20. The van der Waals surface area contributed by atoms with E-state index in [0.29, 0.717) is 18.4 Å². The molecule has 106 valence electrons. The number of hydrogen-bond acceptors (Lipinski definition) is 3. The van der Waals surface area contributed by atoms with E-state index in [1.54, 1.807) is 6.07 Å². The van der Waals surface area contributed by atoms with E-state index in [-0.39, 0.29) is 23.0 Å². The van der Waals surface area contributed by atoms with Crippen molar-refractivity contribution in [1.82, 2.24) is 9.78 Å². The van der Waals surface area contributed by atoms with Gasteiger partial charge in [0, 0.05) is 18.4 Å². The molecule has 0 aliphatic heterocycles. The van der Waals surface area contributed by atoms with Gasteiger partial charge in [-0.25, -0.2) is 13.9 Å². The molecule has 2 aromatic rings. The molecular formula is C13H12ClFN2O3. The average molecular weight is 299 g/mol. The molecule has 0 aliphatic rings. The molecule has 0 amide bonds. The number of carboxylic acids is 1. The minimum Gasteiger partial charge on any atom is -0.476 e. The van der Waals surface area contributed by atoms with Crippen molar-refractivity contribution in [3.05, 3.63) is 46.5 Å². The molecule has 0 bridgehead atoms. The van der Waals surface area contributed by atoms with Crippen LogP contribution in [-0.4, -0.2) is 32.6 Å². The summed E-state index contributed by atoms with van der Waals surface area (Å²) in [5.41, 5.74) is 0.360. The van der Waals surface area contributed by atoms with Crippen LogP contribution in [0.25, 0.3) is 5.69 Å². The largest absolute Gasteiger partial charge is 0.476 e. The highest BCUT2D eigenvalue weighted by molar-refractivity contribution is 6.30. The van der Waals surface area contributed by atoms with Gasteiger partial charge in [0.1, 0.15) is 5.69 Å². The lowest BCUT2D eigenvalue weighted by Crippen LogP contribution is -2.04. The monoisotopic (exact) mass is 298 g/mol. The van der Waals surface area contributed by atoms with Crippen molar-refractivity contribution in [2.45, 2.75) is 12.8 Å². The van der Waals surface area contributed by atoms with Crippen LogP contribution in [0.15, 0.2) is 24.4 Å². The predicted molar refractivity (Wildman–Crippen MR) is 70.9 cm³/mol. The Hall–Kier alpha value is -1.92. The standard InChI is InChI=1S/C13H12ClFN2O3/c14-9-4-1-5-10(11(9)15)17-7-8(3-2-6-18)12(16-17)13(19)20/h1,4-5,7,18H,2-3,6H2,(H,19,20). The normalized spacial score (nSPS) is 10.8. The van der Waals surface area contributed by atoms with Crippen LogP contribution in [0.4, 0.5) is 4.39 Å². The highest BCUT2D eigenvalue weighted by Gasteiger charge is 2.18. The Balaban J connectivity index is 2.47. The van der Waals surface area contributed by atoms with Gasteiger partial charge in [0.25, 0.3) is 0 Å². The zero-order valence-corrected chi connectivity index (χ0v) is 11.1. The molecule has 20 heavy (non-hydrogen) atoms. The maximum atomic E-state index is 13.9.